The number of benzene rings is 3. The van der Waals surface area contributed by atoms with E-state index < -0.39 is 16.6 Å². The third kappa shape index (κ3) is 5.77. The zero-order valence-electron chi connectivity index (χ0n) is 16.4. The lowest BCUT2D eigenvalue weighted by molar-refractivity contribution is -0.384. The maximum atomic E-state index is 13.7. The van der Waals surface area contributed by atoms with Crippen molar-refractivity contribution in [3.8, 4) is 11.8 Å². The summed E-state index contributed by atoms with van der Waals surface area (Å²) in [5.41, 5.74) is 1.20. The molecule has 0 spiro atoms. The number of hydrogen-bond acceptors (Lipinski definition) is 5. The number of carbonyl (C=O) groups is 1. The summed E-state index contributed by atoms with van der Waals surface area (Å²) in [7, 11) is 0. The summed E-state index contributed by atoms with van der Waals surface area (Å²) in [5, 5.41) is 22.9. The number of anilines is 1. The lowest BCUT2D eigenvalue weighted by Crippen LogP contribution is -2.21. The standard InChI is InChI=1S/C23H15BrFN3O4/c24-18-7-10-22(32-14-23(29)27-21-4-2-1-3-20(21)25)16(12-18)11-17(13-26)15-5-8-19(9-6-15)28(30)31/h1-12H,14H2,(H,27,29)/b17-11+. The van der Waals surface area contributed by atoms with E-state index >= 15 is 0 Å². The second-order valence-electron chi connectivity index (χ2n) is 6.47. The number of carbonyl (C=O) groups excluding carboxylic acids is 1. The highest BCUT2D eigenvalue weighted by atomic mass is 79.9. The smallest absolute Gasteiger partial charge is 0.269 e. The number of ether oxygens (including phenoxy) is 1. The monoisotopic (exact) mass is 495 g/mol. The average molecular weight is 496 g/mol. The van der Waals surface area contributed by atoms with E-state index in [2.05, 4.69) is 27.3 Å². The lowest BCUT2D eigenvalue weighted by Gasteiger charge is -2.11. The molecule has 0 aliphatic carbocycles. The van der Waals surface area contributed by atoms with E-state index in [4.69, 9.17) is 4.74 Å². The number of nitriles is 1. The van der Waals surface area contributed by atoms with Crippen molar-refractivity contribution in [1.29, 1.82) is 5.26 Å². The van der Waals surface area contributed by atoms with Crippen LogP contribution in [0.3, 0.4) is 0 Å². The number of nitrogens with one attached hydrogen (secondary N) is 1. The summed E-state index contributed by atoms with van der Waals surface area (Å²) in [6.45, 7) is -0.379. The minimum Gasteiger partial charge on any atom is -0.483 e. The highest BCUT2D eigenvalue weighted by Gasteiger charge is 2.12. The number of para-hydroxylation sites is 1. The van der Waals surface area contributed by atoms with Gasteiger partial charge in [0.25, 0.3) is 11.6 Å². The summed E-state index contributed by atoms with van der Waals surface area (Å²) in [6.07, 6.45) is 1.55. The molecule has 0 saturated heterocycles. The molecule has 1 N–H and O–H groups in total. The Morgan fingerprint density at radius 3 is 2.56 bits per heavy atom. The maximum absolute atomic E-state index is 13.7. The Hall–Kier alpha value is -4.03. The van der Waals surface area contributed by atoms with Gasteiger partial charge in [-0.3, -0.25) is 14.9 Å². The van der Waals surface area contributed by atoms with Crippen LogP contribution in [0.4, 0.5) is 15.8 Å². The molecule has 0 heterocycles. The molecule has 0 bridgehead atoms. The lowest BCUT2D eigenvalue weighted by atomic mass is 10.0. The Kier molecular flexibility index (Phi) is 7.31. The van der Waals surface area contributed by atoms with Crippen LogP contribution in [0.1, 0.15) is 11.1 Å². The summed E-state index contributed by atoms with van der Waals surface area (Å²) >= 11 is 3.36. The number of halogens is 2. The molecule has 160 valence electrons. The molecular weight excluding hydrogens is 481 g/mol. The first-order chi connectivity index (χ1) is 15.4. The van der Waals surface area contributed by atoms with Gasteiger partial charge in [0, 0.05) is 22.2 Å². The number of nitrogens with zero attached hydrogens (tertiary/aromatic N) is 2. The van der Waals surface area contributed by atoms with E-state index in [1.165, 1.54) is 42.5 Å². The van der Waals surface area contributed by atoms with Crippen LogP contribution in [-0.4, -0.2) is 17.4 Å². The van der Waals surface area contributed by atoms with Gasteiger partial charge in [0.05, 0.1) is 22.3 Å². The van der Waals surface area contributed by atoms with Crippen molar-refractivity contribution in [1.82, 2.24) is 0 Å². The van der Waals surface area contributed by atoms with Crippen LogP contribution in [0.5, 0.6) is 5.75 Å². The predicted molar refractivity (Wildman–Crippen MR) is 121 cm³/mol. The number of hydrogen-bond donors (Lipinski definition) is 1. The van der Waals surface area contributed by atoms with Crippen LogP contribution in [0.2, 0.25) is 0 Å². The second-order valence-corrected chi connectivity index (χ2v) is 7.39. The van der Waals surface area contributed by atoms with Crippen molar-refractivity contribution in [3.63, 3.8) is 0 Å². The fourth-order valence-corrected chi connectivity index (χ4v) is 3.13. The number of nitro benzene ring substituents is 1. The van der Waals surface area contributed by atoms with Crippen LogP contribution in [0, 0.1) is 27.3 Å². The number of nitro groups is 1. The Labute approximate surface area is 191 Å². The maximum Gasteiger partial charge on any atom is 0.269 e. The molecule has 7 nitrogen and oxygen atoms in total. The van der Waals surface area contributed by atoms with Crippen molar-refractivity contribution < 1.29 is 18.8 Å². The predicted octanol–water partition coefficient (Wildman–Crippen LogP) is 5.58. The summed E-state index contributed by atoms with van der Waals surface area (Å²) < 4.78 is 20.0. The normalized spacial score (nSPS) is 10.8. The Morgan fingerprint density at radius 2 is 1.91 bits per heavy atom. The highest BCUT2D eigenvalue weighted by Crippen LogP contribution is 2.28. The minimum absolute atomic E-state index is 0.0435. The number of rotatable bonds is 7. The first-order valence-electron chi connectivity index (χ1n) is 9.20. The SMILES string of the molecule is N#C/C(=C\c1cc(Br)ccc1OCC(=O)Nc1ccccc1F)c1ccc([N+](=O)[O-])cc1. The van der Waals surface area contributed by atoms with Gasteiger partial charge in [-0.05, 0) is 54.1 Å². The van der Waals surface area contributed by atoms with E-state index in [0.717, 1.165) is 0 Å². The topological polar surface area (TPSA) is 105 Å². The molecule has 3 aromatic rings. The molecule has 3 rings (SSSR count). The fraction of sp³-hybridized carbons (Fsp3) is 0.0435. The Morgan fingerprint density at radius 1 is 1.19 bits per heavy atom. The quantitative estimate of drug-likeness (QED) is 0.199. The molecule has 9 heteroatoms. The van der Waals surface area contributed by atoms with E-state index in [1.54, 1.807) is 30.3 Å². The zero-order valence-corrected chi connectivity index (χ0v) is 18.0. The summed E-state index contributed by atoms with van der Waals surface area (Å²) in [6, 6.07) is 18.5. The largest absolute Gasteiger partial charge is 0.483 e. The van der Waals surface area contributed by atoms with Crippen molar-refractivity contribution in [2.24, 2.45) is 0 Å². The number of non-ortho nitro benzene ring substituents is 1. The molecule has 0 aliphatic heterocycles. The van der Waals surface area contributed by atoms with E-state index in [0.29, 0.717) is 21.3 Å². The molecule has 0 radical (unpaired) electrons. The molecule has 32 heavy (non-hydrogen) atoms. The molecule has 3 aromatic carbocycles. The summed E-state index contributed by atoms with van der Waals surface area (Å²) in [4.78, 5) is 22.5. The van der Waals surface area contributed by atoms with Gasteiger partial charge >= 0.3 is 0 Å². The van der Waals surface area contributed by atoms with E-state index in [9.17, 15) is 24.6 Å². The number of allylic oxidation sites excluding steroid dienone is 1. The van der Waals surface area contributed by atoms with Gasteiger partial charge < -0.3 is 10.1 Å². The first kappa shape index (κ1) is 22.7. The van der Waals surface area contributed by atoms with Gasteiger partial charge in [0.2, 0.25) is 0 Å². The molecular formula is C23H15BrFN3O4. The third-order valence-corrected chi connectivity index (χ3v) is 4.78. The molecule has 0 aliphatic rings. The van der Waals surface area contributed by atoms with Crippen LogP contribution in [-0.2, 0) is 4.79 Å². The van der Waals surface area contributed by atoms with Gasteiger partial charge in [0.15, 0.2) is 6.61 Å². The highest BCUT2D eigenvalue weighted by molar-refractivity contribution is 9.10. The second kappa shape index (κ2) is 10.3. The molecule has 0 atom stereocenters. The Bertz CT molecular complexity index is 1240. The molecule has 0 aromatic heterocycles. The van der Waals surface area contributed by atoms with Crippen LogP contribution in [0.15, 0.2) is 71.2 Å². The van der Waals surface area contributed by atoms with Gasteiger partial charge in [-0.2, -0.15) is 5.26 Å². The molecule has 1 amide bonds. The van der Waals surface area contributed by atoms with Crippen LogP contribution in [0.25, 0.3) is 11.6 Å². The van der Waals surface area contributed by atoms with E-state index in [1.807, 2.05) is 0 Å². The molecule has 0 saturated carbocycles. The van der Waals surface area contributed by atoms with Crippen LogP contribution < -0.4 is 10.1 Å². The number of amides is 1. The van der Waals surface area contributed by atoms with Crippen molar-refractivity contribution in [3.05, 3.63) is 98.3 Å². The molecule has 0 unspecified atom stereocenters. The fourth-order valence-electron chi connectivity index (χ4n) is 2.75. The first-order valence-corrected chi connectivity index (χ1v) is 10.00. The van der Waals surface area contributed by atoms with Crippen molar-refractivity contribution in [2.45, 2.75) is 0 Å². The van der Waals surface area contributed by atoms with Crippen LogP contribution >= 0.6 is 15.9 Å². The van der Waals surface area contributed by atoms with Crippen molar-refractivity contribution >= 4 is 44.9 Å². The van der Waals surface area contributed by atoms with E-state index in [-0.39, 0.29) is 23.6 Å². The van der Waals surface area contributed by atoms with Gasteiger partial charge in [0.1, 0.15) is 11.6 Å². The Balaban J connectivity index is 1.80. The van der Waals surface area contributed by atoms with Crippen molar-refractivity contribution in [2.75, 3.05) is 11.9 Å². The third-order valence-electron chi connectivity index (χ3n) is 4.29. The van der Waals surface area contributed by atoms with Gasteiger partial charge in [-0.25, -0.2) is 4.39 Å². The summed E-state index contributed by atoms with van der Waals surface area (Å²) in [5.74, 6) is -0.787. The minimum atomic E-state index is -0.560. The zero-order chi connectivity index (χ0) is 23.1. The average Bonchev–Trinajstić information content (AvgIpc) is 2.78. The van der Waals surface area contributed by atoms with Gasteiger partial charge in [-0.15, -0.1) is 0 Å². The van der Waals surface area contributed by atoms with Gasteiger partial charge in [-0.1, -0.05) is 28.1 Å². The molecule has 0 fully saturated rings.